The molecule has 1 N–H and O–H groups in total. The van der Waals surface area contributed by atoms with Crippen molar-refractivity contribution in [2.75, 3.05) is 20.3 Å². The van der Waals surface area contributed by atoms with Crippen LogP contribution in [0.25, 0.3) is 0 Å². The third-order valence-corrected chi connectivity index (χ3v) is 4.94. The van der Waals surface area contributed by atoms with Gasteiger partial charge in [-0.2, -0.15) is 0 Å². The van der Waals surface area contributed by atoms with Crippen LogP contribution in [0.5, 0.6) is 11.5 Å². The van der Waals surface area contributed by atoms with Crippen molar-refractivity contribution in [1.29, 1.82) is 0 Å². The lowest BCUT2D eigenvalue weighted by Gasteiger charge is -2.30. The minimum absolute atomic E-state index is 0.129. The predicted octanol–water partition coefficient (Wildman–Crippen LogP) is 3.63. The van der Waals surface area contributed by atoms with Gasteiger partial charge < -0.3 is 19.7 Å². The van der Waals surface area contributed by atoms with E-state index >= 15 is 0 Å². The number of benzene rings is 2. The van der Waals surface area contributed by atoms with Crippen LogP contribution in [0.1, 0.15) is 37.0 Å². The fourth-order valence-electron chi connectivity index (χ4n) is 3.22. The van der Waals surface area contributed by atoms with Gasteiger partial charge >= 0.3 is 0 Å². The number of likely N-dealkylation sites (N-methyl/N-ethyl adjacent to an activating group) is 1. The largest absolute Gasteiger partial charge is 0.497 e. The van der Waals surface area contributed by atoms with E-state index in [1.54, 1.807) is 12.0 Å². The van der Waals surface area contributed by atoms with E-state index in [1.165, 1.54) is 0 Å². The molecule has 0 saturated carbocycles. The average Bonchev–Trinajstić information content (AvgIpc) is 2.74. The minimum Gasteiger partial charge on any atom is -0.497 e. The molecule has 2 aromatic rings. The third kappa shape index (κ3) is 6.24. The van der Waals surface area contributed by atoms with Crippen molar-refractivity contribution < 1.29 is 19.1 Å². The molecule has 1 atom stereocenters. The fraction of sp³-hybridized carbons (Fsp3) is 0.417. The smallest absolute Gasteiger partial charge is 0.261 e. The molecule has 2 amide bonds. The second kappa shape index (κ2) is 11.2. The Bertz CT molecular complexity index is 849. The van der Waals surface area contributed by atoms with Gasteiger partial charge in [0.05, 0.1) is 7.11 Å². The summed E-state index contributed by atoms with van der Waals surface area (Å²) in [6.07, 6.45) is 0.511. The van der Waals surface area contributed by atoms with Gasteiger partial charge in [-0.3, -0.25) is 9.59 Å². The molecule has 0 aromatic heterocycles. The number of hydrogen-bond acceptors (Lipinski definition) is 4. The predicted molar refractivity (Wildman–Crippen MR) is 118 cm³/mol. The Hall–Kier alpha value is -3.02. The van der Waals surface area contributed by atoms with E-state index in [0.29, 0.717) is 25.3 Å². The maximum absolute atomic E-state index is 13.1. The number of rotatable bonds is 10. The van der Waals surface area contributed by atoms with Gasteiger partial charge in [0.1, 0.15) is 17.5 Å². The summed E-state index contributed by atoms with van der Waals surface area (Å²) in [5.74, 6) is 1.03. The Morgan fingerprint density at radius 2 is 1.77 bits per heavy atom. The second-order valence-electron chi connectivity index (χ2n) is 7.25. The summed E-state index contributed by atoms with van der Waals surface area (Å²) in [6.45, 7) is 8.39. The summed E-state index contributed by atoms with van der Waals surface area (Å²) in [4.78, 5) is 27.4. The number of carbonyl (C=O) groups is 2. The number of amides is 2. The summed E-state index contributed by atoms with van der Waals surface area (Å²) in [7, 11) is 1.61. The van der Waals surface area contributed by atoms with Crippen LogP contribution >= 0.6 is 0 Å². The van der Waals surface area contributed by atoms with Crippen LogP contribution in [-0.2, 0) is 16.1 Å². The first-order valence-electron chi connectivity index (χ1n) is 10.3. The summed E-state index contributed by atoms with van der Waals surface area (Å²) in [6, 6.07) is 12.8. The van der Waals surface area contributed by atoms with Crippen molar-refractivity contribution in [3.63, 3.8) is 0 Å². The van der Waals surface area contributed by atoms with Crippen LogP contribution in [-0.4, -0.2) is 43.0 Å². The standard InChI is InChI=1S/C24H32N2O4/c1-6-21(24(28)25-7-2)26(15-19-10-12-20(29-5)13-11-19)23(27)16-30-22-14-17(3)8-9-18(22)4/h8-14,21H,6-7,15-16H2,1-5H3,(H,25,28)/t21-/m0/s1. The van der Waals surface area contributed by atoms with Crippen molar-refractivity contribution in [1.82, 2.24) is 10.2 Å². The normalized spacial score (nSPS) is 11.5. The lowest BCUT2D eigenvalue weighted by molar-refractivity contribution is -0.142. The first-order valence-corrected chi connectivity index (χ1v) is 10.3. The lowest BCUT2D eigenvalue weighted by atomic mass is 10.1. The summed E-state index contributed by atoms with van der Waals surface area (Å²) in [5, 5.41) is 2.83. The molecule has 2 aromatic carbocycles. The van der Waals surface area contributed by atoms with Crippen LogP contribution in [0, 0.1) is 13.8 Å². The van der Waals surface area contributed by atoms with E-state index < -0.39 is 6.04 Å². The number of aryl methyl sites for hydroxylation is 2. The first kappa shape index (κ1) is 23.3. The van der Waals surface area contributed by atoms with Crippen molar-refractivity contribution in [2.24, 2.45) is 0 Å². The highest BCUT2D eigenvalue weighted by molar-refractivity contribution is 5.88. The highest BCUT2D eigenvalue weighted by atomic mass is 16.5. The monoisotopic (exact) mass is 412 g/mol. The van der Waals surface area contributed by atoms with Crippen LogP contribution in [0.4, 0.5) is 0 Å². The maximum atomic E-state index is 13.1. The molecule has 0 saturated heterocycles. The van der Waals surface area contributed by atoms with Crippen LogP contribution < -0.4 is 14.8 Å². The van der Waals surface area contributed by atoms with E-state index in [2.05, 4.69) is 5.32 Å². The van der Waals surface area contributed by atoms with Gasteiger partial charge in [-0.05, 0) is 62.1 Å². The van der Waals surface area contributed by atoms with E-state index in [4.69, 9.17) is 9.47 Å². The molecule has 0 bridgehead atoms. The molecule has 30 heavy (non-hydrogen) atoms. The molecular weight excluding hydrogens is 380 g/mol. The summed E-state index contributed by atoms with van der Waals surface area (Å²) >= 11 is 0. The zero-order valence-electron chi connectivity index (χ0n) is 18.5. The molecule has 2 rings (SSSR count). The average molecular weight is 413 g/mol. The van der Waals surface area contributed by atoms with Crippen LogP contribution in [0.2, 0.25) is 0 Å². The summed E-state index contributed by atoms with van der Waals surface area (Å²) in [5.41, 5.74) is 2.94. The number of carbonyl (C=O) groups excluding carboxylic acids is 2. The highest BCUT2D eigenvalue weighted by Gasteiger charge is 2.28. The van der Waals surface area contributed by atoms with Gasteiger partial charge in [0, 0.05) is 13.1 Å². The van der Waals surface area contributed by atoms with Crippen molar-refractivity contribution in [3.05, 3.63) is 59.2 Å². The molecule has 0 aliphatic carbocycles. The SMILES string of the molecule is CCNC(=O)[C@H](CC)N(Cc1ccc(OC)cc1)C(=O)COc1cc(C)ccc1C. The molecule has 0 heterocycles. The Morgan fingerprint density at radius 1 is 1.07 bits per heavy atom. The molecule has 6 nitrogen and oxygen atoms in total. The van der Waals surface area contributed by atoms with Crippen LogP contribution in [0.15, 0.2) is 42.5 Å². The van der Waals surface area contributed by atoms with E-state index in [1.807, 2.05) is 70.2 Å². The van der Waals surface area contributed by atoms with E-state index in [-0.39, 0.29) is 18.4 Å². The molecule has 0 spiro atoms. The van der Waals surface area contributed by atoms with Crippen molar-refractivity contribution in [2.45, 2.75) is 46.7 Å². The number of nitrogens with zero attached hydrogens (tertiary/aromatic N) is 1. The fourth-order valence-corrected chi connectivity index (χ4v) is 3.22. The number of ether oxygens (including phenoxy) is 2. The Labute approximate surface area is 179 Å². The molecule has 162 valence electrons. The Balaban J connectivity index is 2.22. The van der Waals surface area contributed by atoms with Crippen molar-refractivity contribution >= 4 is 11.8 Å². The second-order valence-corrected chi connectivity index (χ2v) is 7.25. The van der Waals surface area contributed by atoms with Gasteiger partial charge in [-0.25, -0.2) is 0 Å². The third-order valence-electron chi connectivity index (χ3n) is 4.94. The lowest BCUT2D eigenvalue weighted by Crippen LogP contribution is -2.50. The molecule has 0 fully saturated rings. The molecule has 6 heteroatoms. The molecular formula is C24H32N2O4. The molecule has 0 unspecified atom stereocenters. The topological polar surface area (TPSA) is 67.9 Å². The van der Waals surface area contributed by atoms with E-state index in [0.717, 1.165) is 22.4 Å². The van der Waals surface area contributed by atoms with Crippen LogP contribution in [0.3, 0.4) is 0 Å². The van der Waals surface area contributed by atoms with Gasteiger partial charge in [0.15, 0.2) is 6.61 Å². The number of hydrogen-bond donors (Lipinski definition) is 1. The first-order chi connectivity index (χ1) is 14.4. The van der Waals surface area contributed by atoms with Crippen molar-refractivity contribution in [3.8, 4) is 11.5 Å². The van der Waals surface area contributed by atoms with E-state index in [9.17, 15) is 9.59 Å². The molecule has 0 aliphatic rings. The molecule has 0 radical (unpaired) electrons. The number of nitrogens with one attached hydrogen (secondary N) is 1. The Morgan fingerprint density at radius 3 is 2.37 bits per heavy atom. The molecule has 0 aliphatic heterocycles. The van der Waals surface area contributed by atoms with Gasteiger partial charge in [-0.15, -0.1) is 0 Å². The zero-order chi connectivity index (χ0) is 22.1. The zero-order valence-corrected chi connectivity index (χ0v) is 18.5. The van der Waals surface area contributed by atoms with Gasteiger partial charge in [-0.1, -0.05) is 31.2 Å². The highest BCUT2D eigenvalue weighted by Crippen LogP contribution is 2.20. The summed E-state index contributed by atoms with van der Waals surface area (Å²) < 4.78 is 11.0. The Kier molecular flexibility index (Phi) is 8.71. The van der Waals surface area contributed by atoms with Gasteiger partial charge in [0.25, 0.3) is 5.91 Å². The number of methoxy groups -OCH3 is 1. The van der Waals surface area contributed by atoms with Gasteiger partial charge in [0.2, 0.25) is 5.91 Å². The maximum Gasteiger partial charge on any atom is 0.261 e. The minimum atomic E-state index is -0.568. The quantitative estimate of drug-likeness (QED) is 0.647.